The van der Waals surface area contributed by atoms with Crippen molar-refractivity contribution in [1.82, 2.24) is 0 Å². The summed E-state index contributed by atoms with van der Waals surface area (Å²) in [6.45, 7) is 4.55. The molecular formula is C29H58O2. The van der Waals surface area contributed by atoms with Crippen molar-refractivity contribution in [2.75, 3.05) is 0 Å². The van der Waals surface area contributed by atoms with Crippen molar-refractivity contribution < 1.29 is 10.2 Å². The summed E-state index contributed by atoms with van der Waals surface area (Å²) in [5.74, 6) is 1.79. The van der Waals surface area contributed by atoms with Crippen molar-refractivity contribution in [3.63, 3.8) is 0 Å². The third-order valence-electron chi connectivity index (χ3n) is 7.77. The lowest BCUT2D eigenvalue weighted by Crippen LogP contribution is -2.17. The minimum Gasteiger partial charge on any atom is -0.393 e. The Kier molecular flexibility index (Phi) is 19.2. The van der Waals surface area contributed by atoms with Gasteiger partial charge >= 0.3 is 0 Å². The van der Waals surface area contributed by atoms with E-state index in [4.69, 9.17) is 5.11 Å². The highest BCUT2D eigenvalue weighted by Crippen LogP contribution is 2.28. The number of aliphatic hydroxyl groups is 2. The fraction of sp³-hybridized carbons (Fsp3) is 1.00. The molecule has 0 saturated heterocycles. The van der Waals surface area contributed by atoms with Crippen molar-refractivity contribution in [2.45, 2.75) is 174 Å². The Hall–Kier alpha value is -0.0800. The normalized spacial score (nSPS) is 26.3. The standard InChI is InChI=1S/C22H44O.C7H14O/c1-2-3-4-5-6-7-8-9-10-11-12-13-14-15-16-21-17-19-22(23)20-18-21;1-6-2-4-7(8)5-3-6/h21-23H,2-20H2,1H3;6-8H,2-5H2,1H3. The quantitative estimate of drug-likeness (QED) is 0.250. The molecule has 2 aliphatic carbocycles. The minimum absolute atomic E-state index is 0.0163. The average molecular weight is 439 g/mol. The minimum atomic E-state index is 0.0163. The molecular weight excluding hydrogens is 380 g/mol. The lowest BCUT2D eigenvalue weighted by molar-refractivity contribution is 0.106. The van der Waals surface area contributed by atoms with Crippen LogP contribution in [0.2, 0.25) is 0 Å². The summed E-state index contributed by atoms with van der Waals surface area (Å²) in [5, 5.41) is 18.5. The van der Waals surface area contributed by atoms with Gasteiger partial charge in [-0.2, -0.15) is 0 Å². The van der Waals surface area contributed by atoms with Gasteiger partial charge in [0.05, 0.1) is 12.2 Å². The highest BCUT2D eigenvalue weighted by Gasteiger charge is 2.18. The molecule has 31 heavy (non-hydrogen) atoms. The molecule has 0 aromatic rings. The van der Waals surface area contributed by atoms with Crippen LogP contribution in [0, 0.1) is 11.8 Å². The molecule has 0 aliphatic heterocycles. The molecule has 2 rings (SSSR count). The van der Waals surface area contributed by atoms with Crippen LogP contribution in [0.25, 0.3) is 0 Å². The largest absolute Gasteiger partial charge is 0.393 e. The fourth-order valence-corrected chi connectivity index (χ4v) is 5.30. The third kappa shape index (κ3) is 18.1. The van der Waals surface area contributed by atoms with E-state index in [1.165, 1.54) is 122 Å². The Labute approximate surface area is 196 Å². The Morgan fingerprint density at radius 2 is 0.839 bits per heavy atom. The number of unbranched alkanes of at least 4 members (excludes halogenated alkanes) is 13. The third-order valence-corrected chi connectivity index (χ3v) is 7.77. The van der Waals surface area contributed by atoms with Gasteiger partial charge in [0.15, 0.2) is 0 Å². The van der Waals surface area contributed by atoms with Gasteiger partial charge < -0.3 is 10.2 Å². The van der Waals surface area contributed by atoms with Crippen LogP contribution < -0.4 is 0 Å². The van der Waals surface area contributed by atoms with Gasteiger partial charge in [0.1, 0.15) is 0 Å². The maximum absolute atomic E-state index is 9.52. The van der Waals surface area contributed by atoms with Crippen LogP contribution in [0.3, 0.4) is 0 Å². The molecule has 2 saturated carbocycles. The second-order valence-electron chi connectivity index (χ2n) is 11.0. The molecule has 2 heteroatoms. The summed E-state index contributed by atoms with van der Waals surface area (Å²) >= 11 is 0. The van der Waals surface area contributed by atoms with Crippen LogP contribution in [0.15, 0.2) is 0 Å². The molecule has 0 spiro atoms. The molecule has 186 valence electrons. The molecule has 0 aromatic heterocycles. The molecule has 0 radical (unpaired) electrons. The van der Waals surface area contributed by atoms with E-state index in [2.05, 4.69) is 13.8 Å². The van der Waals surface area contributed by atoms with Gasteiger partial charge in [0.25, 0.3) is 0 Å². The van der Waals surface area contributed by atoms with Crippen molar-refractivity contribution in [1.29, 1.82) is 0 Å². The first-order valence-electron chi connectivity index (χ1n) is 14.5. The van der Waals surface area contributed by atoms with Crippen molar-refractivity contribution in [3.05, 3.63) is 0 Å². The highest BCUT2D eigenvalue weighted by molar-refractivity contribution is 4.71. The Balaban J connectivity index is 0.000000500. The topological polar surface area (TPSA) is 40.5 Å². The lowest BCUT2D eigenvalue weighted by Gasteiger charge is -2.25. The van der Waals surface area contributed by atoms with Crippen molar-refractivity contribution >= 4 is 0 Å². The lowest BCUT2D eigenvalue weighted by atomic mass is 9.84. The Morgan fingerprint density at radius 1 is 0.484 bits per heavy atom. The van der Waals surface area contributed by atoms with Gasteiger partial charge in [0.2, 0.25) is 0 Å². The molecule has 0 heterocycles. The zero-order valence-electron chi connectivity index (χ0n) is 21.5. The van der Waals surface area contributed by atoms with Crippen molar-refractivity contribution in [3.8, 4) is 0 Å². The summed E-state index contributed by atoms with van der Waals surface area (Å²) in [4.78, 5) is 0. The molecule has 2 N–H and O–H groups in total. The van der Waals surface area contributed by atoms with Crippen LogP contribution in [-0.4, -0.2) is 22.4 Å². The van der Waals surface area contributed by atoms with E-state index in [-0.39, 0.29) is 12.2 Å². The number of hydrogen-bond donors (Lipinski definition) is 2. The zero-order chi connectivity index (χ0) is 22.6. The van der Waals surface area contributed by atoms with E-state index in [0.717, 1.165) is 37.5 Å². The first-order chi connectivity index (χ1) is 15.1. The summed E-state index contributed by atoms with van der Waals surface area (Å²) in [6.07, 6.45) is 31.0. The van der Waals surface area contributed by atoms with Gasteiger partial charge in [-0.1, -0.05) is 110 Å². The van der Waals surface area contributed by atoms with E-state index < -0.39 is 0 Å². The van der Waals surface area contributed by atoms with Crippen LogP contribution in [0.5, 0.6) is 0 Å². The van der Waals surface area contributed by atoms with Crippen molar-refractivity contribution in [2.24, 2.45) is 11.8 Å². The van der Waals surface area contributed by atoms with Gasteiger partial charge in [-0.25, -0.2) is 0 Å². The zero-order valence-corrected chi connectivity index (χ0v) is 21.5. The number of hydrogen-bond acceptors (Lipinski definition) is 2. The molecule has 0 amide bonds. The first-order valence-corrected chi connectivity index (χ1v) is 14.5. The summed E-state index contributed by atoms with van der Waals surface area (Å²) in [6, 6.07) is 0. The van der Waals surface area contributed by atoms with Crippen LogP contribution in [0.4, 0.5) is 0 Å². The first kappa shape index (κ1) is 29.0. The van der Waals surface area contributed by atoms with Crippen LogP contribution >= 0.6 is 0 Å². The fourth-order valence-electron chi connectivity index (χ4n) is 5.30. The smallest absolute Gasteiger partial charge is 0.0540 e. The van der Waals surface area contributed by atoms with E-state index in [0.29, 0.717) is 0 Å². The molecule has 2 nitrogen and oxygen atoms in total. The second kappa shape index (κ2) is 20.5. The van der Waals surface area contributed by atoms with Gasteiger partial charge in [-0.05, 0) is 63.2 Å². The molecule has 2 fully saturated rings. The van der Waals surface area contributed by atoms with E-state index in [1.54, 1.807) is 0 Å². The molecule has 0 bridgehead atoms. The Morgan fingerprint density at radius 3 is 1.23 bits per heavy atom. The van der Waals surface area contributed by atoms with E-state index >= 15 is 0 Å². The van der Waals surface area contributed by atoms with Gasteiger partial charge in [-0.3, -0.25) is 0 Å². The summed E-state index contributed by atoms with van der Waals surface area (Å²) < 4.78 is 0. The molecule has 0 unspecified atom stereocenters. The highest BCUT2D eigenvalue weighted by atomic mass is 16.3. The summed E-state index contributed by atoms with van der Waals surface area (Å²) in [5.41, 5.74) is 0. The summed E-state index contributed by atoms with van der Waals surface area (Å²) in [7, 11) is 0. The SMILES string of the molecule is CC1CCC(O)CC1.CCCCCCCCCCCCCCCCC1CCC(O)CC1. The van der Waals surface area contributed by atoms with Crippen LogP contribution in [0.1, 0.15) is 162 Å². The molecule has 0 aromatic carbocycles. The van der Waals surface area contributed by atoms with E-state index in [9.17, 15) is 5.11 Å². The maximum Gasteiger partial charge on any atom is 0.0540 e. The predicted octanol–water partition coefficient (Wildman–Crippen LogP) is 8.97. The number of rotatable bonds is 15. The van der Waals surface area contributed by atoms with Crippen LogP contribution in [-0.2, 0) is 0 Å². The Bertz CT molecular complexity index is 344. The maximum atomic E-state index is 9.52. The predicted molar refractivity (Wildman–Crippen MR) is 137 cm³/mol. The average Bonchev–Trinajstić information content (AvgIpc) is 2.78. The second-order valence-corrected chi connectivity index (χ2v) is 11.0. The van der Waals surface area contributed by atoms with E-state index in [1.807, 2.05) is 0 Å². The van der Waals surface area contributed by atoms with Gasteiger partial charge in [0, 0.05) is 0 Å². The molecule has 0 atom stereocenters. The van der Waals surface area contributed by atoms with Gasteiger partial charge in [-0.15, -0.1) is 0 Å². The molecule has 2 aliphatic rings. The number of aliphatic hydroxyl groups excluding tert-OH is 2. The monoisotopic (exact) mass is 438 g/mol.